The molecule has 1 N–H and O–H groups in total. The zero-order chi connectivity index (χ0) is 18.9. The quantitative estimate of drug-likeness (QED) is 0.524. The number of aromatic nitrogens is 1. The van der Waals surface area contributed by atoms with E-state index in [1.54, 1.807) is 12.4 Å². The van der Waals surface area contributed by atoms with Crippen molar-refractivity contribution < 1.29 is 29.6 Å². The number of carbonyl (C=O) groups is 1. The molecule has 1 saturated carbocycles. The van der Waals surface area contributed by atoms with E-state index in [0.29, 0.717) is 6.04 Å². The van der Waals surface area contributed by atoms with Gasteiger partial charge in [0, 0.05) is 43.1 Å². The number of nitrogens with one attached hydrogen (secondary N) is 1. The topological polar surface area (TPSA) is 45.2 Å². The summed E-state index contributed by atoms with van der Waals surface area (Å²) in [6.45, 7) is 5.87. The van der Waals surface area contributed by atoms with E-state index in [1.165, 1.54) is 5.56 Å². The predicted molar refractivity (Wildman–Crippen MR) is 110 cm³/mol. The summed E-state index contributed by atoms with van der Waals surface area (Å²) >= 11 is 0. The number of carbonyl (C=O) groups excluding carboxylic acids is 1. The molecule has 6 heteroatoms. The van der Waals surface area contributed by atoms with Crippen LogP contribution in [0.4, 0.5) is 5.69 Å². The van der Waals surface area contributed by atoms with Gasteiger partial charge in [0.2, 0.25) is 5.91 Å². The van der Waals surface area contributed by atoms with Crippen LogP contribution in [-0.2, 0) is 11.3 Å². The first-order valence-corrected chi connectivity index (χ1v) is 9.86. The molecule has 2 aromatic rings. The van der Waals surface area contributed by atoms with Gasteiger partial charge in [-0.2, -0.15) is 0 Å². The van der Waals surface area contributed by atoms with Crippen molar-refractivity contribution in [3.8, 4) is 0 Å². The zero-order valence-electron chi connectivity index (χ0n) is 16.6. The van der Waals surface area contributed by atoms with E-state index in [4.69, 9.17) is 0 Å². The molecule has 1 heterocycles. The second kappa shape index (κ2) is 13.4. The van der Waals surface area contributed by atoms with Gasteiger partial charge in [0.15, 0.2) is 0 Å². The van der Waals surface area contributed by atoms with Gasteiger partial charge in [-0.05, 0) is 49.8 Å². The summed E-state index contributed by atoms with van der Waals surface area (Å²) in [5.41, 5.74) is 2.17. The highest BCUT2D eigenvalue weighted by Gasteiger charge is 2.29. The molecular formula is C23H29Cl2N3O-2. The van der Waals surface area contributed by atoms with Crippen molar-refractivity contribution in [2.75, 3.05) is 11.9 Å². The highest BCUT2D eigenvalue weighted by molar-refractivity contribution is 5.92. The van der Waals surface area contributed by atoms with Gasteiger partial charge < -0.3 is 30.1 Å². The summed E-state index contributed by atoms with van der Waals surface area (Å²) < 4.78 is 0. The molecule has 1 aromatic heterocycles. The maximum absolute atomic E-state index is 12.5. The monoisotopic (exact) mass is 433 g/mol. The maximum Gasteiger partial charge on any atom is 0.227 e. The van der Waals surface area contributed by atoms with E-state index >= 15 is 0 Å². The van der Waals surface area contributed by atoms with Crippen molar-refractivity contribution in [3.05, 3.63) is 73.1 Å². The number of rotatable bonds is 8. The van der Waals surface area contributed by atoms with Crippen LogP contribution >= 0.6 is 0 Å². The number of amides is 1. The van der Waals surface area contributed by atoms with E-state index in [0.717, 1.165) is 50.9 Å². The van der Waals surface area contributed by atoms with Crippen LogP contribution in [0.15, 0.2) is 67.5 Å². The Morgan fingerprint density at radius 1 is 1.07 bits per heavy atom. The van der Waals surface area contributed by atoms with Crippen LogP contribution in [0.5, 0.6) is 0 Å². The number of benzene rings is 1. The van der Waals surface area contributed by atoms with Crippen LogP contribution < -0.4 is 30.1 Å². The van der Waals surface area contributed by atoms with Crippen molar-refractivity contribution in [2.24, 2.45) is 5.92 Å². The number of pyridine rings is 1. The predicted octanol–water partition coefficient (Wildman–Crippen LogP) is -1.33. The number of hydrogen-bond donors (Lipinski definition) is 1. The minimum absolute atomic E-state index is 0. The first-order chi connectivity index (χ1) is 13.3. The van der Waals surface area contributed by atoms with E-state index < -0.39 is 0 Å². The van der Waals surface area contributed by atoms with E-state index in [2.05, 4.69) is 52.1 Å². The summed E-state index contributed by atoms with van der Waals surface area (Å²) in [6.07, 6.45) is 10.4. The Morgan fingerprint density at radius 2 is 1.72 bits per heavy atom. The van der Waals surface area contributed by atoms with Gasteiger partial charge in [-0.1, -0.05) is 36.4 Å². The number of anilines is 1. The molecule has 0 spiro atoms. The minimum atomic E-state index is 0. The van der Waals surface area contributed by atoms with Gasteiger partial charge in [0.05, 0.1) is 0 Å². The van der Waals surface area contributed by atoms with Crippen LogP contribution in [-0.4, -0.2) is 28.4 Å². The molecule has 3 rings (SSSR count). The van der Waals surface area contributed by atoms with Gasteiger partial charge in [-0.15, -0.1) is 6.58 Å². The lowest BCUT2D eigenvalue weighted by molar-refractivity contribution is -0.121. The summed E-state index contributed by atoms with van der Waals surface area (Å²) in [6, 6.07) is 14.8. The molecule has 1 aliphatic rings. The van der Waals surface area contributed by atoms with Crippen LogP contribution in [0, 0.1) is 5.92 Å². The fraction of sp³-hybridized carbons (Fsp3) is 0.391. The van der Waals surface area contributed by atoms with Crippen molar-refractivity contribution in [3.63, 3.8) is 0 Å². The largest absolute Gasteiger partial charge is 1.00 e. The molecule has 158 valence electrons. The third kappa shape index (κ3) is 7.81. The van der Waals surface area contributed by atoms with Crippen LogP contribution in [0.25, 0.3) is 0 Å². The molecule has 0 bridgehead atoms. The maximum atomic E-state index is 12.5. The van der Waals surface area contributed by atoms with Gasteiger partial charge in [-0.3, -0.25) is 14.7 Å². The first-order valence-electron chi connectivity index (χ1n) is 9.86. The van der Waals surface area contributed by atoms with Gasteiger partial charge in [0.25, 0.3) is 0 Å². The second-order valence-corrected chi connectivity index (χ2v) is 7.26. The SMILES string of the molecule is C=CCCN(Cc1ccccc1)C1CCC(C(=O)Nc2ccncc2)CC1.[Cl-].[Cl-]. The fourth-order valence-corrected chi connectivity index (χ4v) is 3.85. The number of nitrogens with zero attached hydrogens (tertiary/aromatic N) is 2. The summed E-state index contributed by atoms with van der Waals surface area (Å²) in [5, 5.41) is 3.02. The molecule has 29 heavy (non-hydrogen) atoms. The van der Waals surface area contributed by atoms with Crippen molar-refractivity contribution in [1.29, 1.82) is 0 Å². The average Bonchev–Trinajstić information content (AvgIpc) is 2.73. The molecule has 0 atom stereocenters. The van der Waals surface area contributed by atoms with Gasteiger partial charge in [-0.25, -0.2) is 0 Å². The second-order valence-electron chi connectivity index (χ2n) is 7.26. The van der Waals surface area contributed by atoms with E-state index in [9.17, 15) is 4.79 Å². The lowest BCUT2D eigenvalue weighted by Crippen LogP contribution is -3.00. The Kier molecular flexibility index (Phi) is 11.6. The summed E-state index contributed by atoms with van der Waals surface area (Å²) in [7, 11) is 0. The molecule has 0 radical (unpaired) electrons. The number of halogens is 2. The standard InChI is InChI=1S/C23H29N3O.2ClH/c1-2-3-17-26(18-19-7-5-4-6-8-19)22-11-9-20(10-12-22)23(27)25-21-13-15-24-16-14-21;;/h2,4-8,13-16,20,22H,1,3,9-12,17-18H2,(H,24,25,27);2*1H/p-2. The third-order valence-electron chi connectivity index (χ3n) is 5.38. The van der Waals surface area contributed by atoms with Gasteiger partial charge in [0.1, 0.15) is 0 Å². The molecule has 1 aliphatic carbocycles. The van der Waals surface area contributed by atoms with Crippen molar-refractivity contribution in [2.45, 2.75) is 44.7 Å². The molecule has 4 nitrogen and oxygen atoms in total. The molecule has 0 unspecified atom stereocenters. The molecule has 0 saturated heterocycles. The highest BCUT2D eigenvalue weighted by Crippen LogP contribution is 2.29. The van der Waals surface area contributed by atoms with Crippen molar-refractivity contribution in [1.82, 2.24) is 9.88 Å². The summed E-state index contributed by atoms with van der Waals surface area (Å²) in [5.74, 6) is 0.243. The smallest absolute Gasteiger partial charge is 0.227 e. The number of hydrogen-bond acceptors (Lipinski definition) is 3. The van der Waals surface area contributed by atoms with E-state index in [1.807, 2.05) is 18.2 Å². The van der Waals surface area contributed by atoms with Crippen LogP contribution in [0.2, 0.25) is 0 Å². The Morgan fingerprint density at radius 3 is 2.34 bits per heavy atom. The minimum Gasteiger partial charge on any atom is -1.00 e. The Hall–Kier alpha value is -1.88. The zero-order valence-corrected chi connectivity index (χ0v) is 18.2. The van der Waals surface area contributed by atoms with Crippen LogP contribution in [0.3, 0.4) is 0 Å². The molecule has 0 aliphatic heterocycles. The average molecular weight is 434 g/mol. The highest BCUT2D eigenvalue weighted by atomic mass is 35.5. The van der Waals surface area contributed by atoms with Gasteiger partial charge >= 0.3 is 0 Å². The first kappa shape index (κ1) is 25.2. The molecule has 1 amide bonds. The summed E-state index contributed by atoms with van der Waals surface area (Å²) in [4.78, 5) is 19.1. The van der Waals surface area contributed by atoms with E-state index in [-0.39, 0.29) is 36.6 Å². The Balaban J connectivity index is 0.00000210. The molecular weight excluding hydrogens is 405 g/mol. The lowest BCUT2D eigenvalue weighted by atomic mass is 9.84. The Labute approximate surface area is 186 Å². The van der Waals surface area contributed by atoms with Crippen LogP contribution in [0.1, 0.15) is 37.7 Å². The fourth-order valence-electron chi connectivity index (χ4n) is 3.85. The molecule has 1 fully saturated rings. The third-order valence-corrected chi connectivity index (χ3v) is 5.38. The normalized spacial score (nSPS) is 18.2. The van der Waals surface area contributed by atoms with Crippen molar-refractivity contribution >= 4 is 11.6 Å². The lowest BCUT2D eigenvalue weighted by Gasteiger charge is -2.36. The molecule has 1 aromatic carbocycles. The Bertz CT molecular complexity index is 719.